The van der Waals surface area contributed by atoms with E-state index < -0.39 is 11.8 Å². The number of benzene rings is 3. The monoisotopic (exact) mass is 522 g/mol. The maximum Gasteiger partial charge on any atom is 0.329 e. The number of unbranched alkanes of at least 4 members (excludes halogenated alkanes) is 1. The molecule has 0 aliphatic heterocycles. The fourth-order valence-corrected chi connectivity index (χ4v) is 3.13. The first kappa shape index (κ1) is 27.2. The van der Waals surface area contributed by atoms with Crippen LogP contribution in [0.4, 0.5) is 11.4 Å². The van der Waals surface area contributed by atoms with Crippen LogP contribution in [0.25, 0.3) is 0 Å². The summed E-state index contributed by atoms with van der Waals surface area (Å²) in [6.07, 6.45) is 3.38. The number of rotatable bonds is 11. The highest BCUT2D eigenvalue weighted by atomic mass is 35.5. The van der Waals surface area contributed by atoms with Crippen LogP contribution >= 0.6 is 11.6 Å². The molecule has 192 valence electrons. The van der Waals surface area contributed by atoms with E-state index in [-0.39, 0.29) is 12.5 Å². The molecule has 0 saturated heterocycles. The van der Waals surface area contributed by atoms with Crippen LogP contribution < -0.4 is 25.5 Å². The zero-order valence-corrected chi connectivity index (χ0v) is 21.0. The molecular weight excluding hydrogens is 496 g/mol. The van der Waals surface area contributed by atoms with Crippen LogP contribution in [0.2, 0.25) is 5.02 Å². The average Bonchev–Trinajstić information content (AvgIpc) is 2.89. The third-order valence-corrected chi connectivity index (χ3v) is 5.06. The van der Waals surface area contributed by atoms with Crippen LogP contribution in [-0.4, -0.2) is 37.1 Å². The van der Waals surface area contributed by atoms with E-state index in [2.05, 4.69) is 28.1 Å². The number of nitrogens with zero attached hydrogens (tertiary/aromatic N) is 1. The van der Waals surface area contributed by atoms with Crippen molar-refractivity contribution >= 4 is 46.9 Å². The number of anilines is 2. The van der Waals surface area contributed by atoms with Crippen molar-refractivity contribution in [3.63, 3.8) is 0 Å². The number of carbonyl (C=O) groups excluding carboxylic acids is 3. The Bertz CT molecular complexity index is 1230. The standard InChI is InChI=1S/C27H27ClN4O5/c1-2-3-15-36-23-13-9-21(10-14-23)31-26(34)27(35)32-29-17-19-7-11-24(12-8-19)37-18-25(33)30-22-6-4-5-20(28)16-22/h4-14,16-17H,2-3,15,18H2,1H3,(H,30,33)(H,31,34)(H,32,35)/b29-17-. The molecule has 0 aromatic heterocycles. The van der Waals surface area contributed by atoms with E-state index >= 15 is 0 Å². The van der Waals surface area contributed by atoms with Gasteiger partial charge in [-0.3, -0.25) is 14.4 Å². The minimum absolute atomic E-state index is 0.181. The highest BCUT2D eigenvalue weighted by Gasteiger charge is 2.13. The van der Waals surface area contributed by atoms with E-state index in [1.165, 1.54) is 6.21 Å². The molecule has 0 aliphatic rings. The largest absolute Gasteiger partial charge is 0.494 e. The molecule has 0 fully saturated rings. The molecule has 0 aliphatic carbocycles. The van der Waals surface area contributed by atoms with Crippen LogP contribution in [0.15, 0.2) is 77.9 Å². The van der Waals surface area contributed by atoms with Gasteiger partial charge in [0, 0.05) is 16.4 Å². The van der Waals surface area contributed by atoms with Crippen LogP contribution in [0.5, 0.6) is 11.5 Å². The molecule has 0 spiro atoms. The van der Waals surface area contributed by atoms with Crippen molar-refractivity contribution in [2.75, 3.05) is 23.8 Å². The lowest BCUT2D eigenvalue weighted by Gasteiger charge is -2.08. The van der Waals surface area contributed by atoms with Crippen molar-refractivity contribution in [2.45, 2.75) is 19.8 Å². The minimum atomic E-state index is -0.912. The van der Waals surface area contributed by atoms with Gasteiger partial charge >= 0.3 is 11.8 Å². The van der Waals surface area contributed by atoms with Gasteiger partial charge in [-0.1, -0.05) is 31.0 Å². The van der Waals surface area contributed by atoms with E-state index in [0.29, 0.717) is 40.1 Å². The Balaban J connectivity index is 1.39. The van der Waals surface area contributed by atoms with E-state index in [1.54, 1.807) is 72.8 Å². The van der Waals surface area contributed by atoms with Crippen LogP contribution in [0.1, 0.15) is 25.3 Å². The SMILES string of the molecule is CCCCOc1ccc(NC(=O)C(=O)N/N=C\c2ccc(OCC(=O)Nc3cccc(Cl)c3)cc2)cc1. The zero-order chi connectivity index (χ0) is 26.5. The first-order chi connectivity index (χ1) is 17.9. The number of hydrogen-bond acceptors (Lipinski definition) is 6. The quantitative estimate of drug-likeness (QED) is 0.147. The van der Waals surface area contributed by atoms with Gasteiger partial charge in [-0.25, -0.2) is 5.43 Å². The molecule has 0 heterocycles. The number of halogens is 1. The first-order valence-corrected chi connectivity index (χ1v) is 12.0. The van der Waals surface area contributed by atoms with Crippen molar-refractivity contribution in [2.24, 2.45) is 5.10 Å². The summed E-state index contributed by atoms with van der Waals surface area (Å²) < 4.78 is 11.0. The summed E-state index contributed by atoms with van der Waals surface area (Å²) in [7, 11) is 0. The molecule has 0 unspecified atom stereocenters. The Morgan fingerprint density at radius 1 is 0.865 bits per heavy atom. The zero-order valence-electron chi connectivity index (χ0n) is 20.2. The van der Waals surface area contributed by atoms with Gasteiger partial charge < -0.3 is 20.1 Å². The lowest BCUT2D eigenvalue weighted by molar-refractivity contribution is -0.136. The lowest BCUT2D eigenvalue weighted by Crippen LogP contribution is -2.32. The number of hydrazone groups is 1. The van der Waals surface area contributed by atoms with Gasteiger partial charge in [-0.15, -0.1) is 0 Å². The molecular formula is C27H27ClN4O5. The molecule has 37 heavy (non-hydrogen) atoms. The van der Waals surface area contributed by atoms with Crippen molar-refractivity contribution in [3.05, 3.63) is 83.4 Å². The third kappa shape index (κ3) is 9.65. The van der Waals surface area contributed by atoms with Crippen LogP contribution in [-0.2, 0) is 14.4 Å². The Morgan fingerprint density at radius 3 is 2.27 bits per heavy atom. The fourth-order valence-electron chi connectivity index (χ4n) is 2.94. The summed E-state index contributed by atoms with van der Waals surface area (Å²) in [4.78, 5) is 36.1. The van der Waals surface area contributed by atoms with Crippen molar-refractivity contribution in [1.29, 1.82) is 0 Å². The normalized spacial score (nSPS) is 10.5. The number of ether oxygens (including phenoxy) is 2. The third-order valence-electron chi connectivity index (χ3n) is 4.82. The van der Waals surface area contributed by atoms with E-state index in [1.807, 2.05) is 0 Å². The molecule has 9 nitrogen and oxygen atoms in total. The fraction of sp³-hybridized carbons (Fsp3) is 0.185. The number of carbonyl (C=O) groups is 3. The second kappa shape index (κ2) is 14.3. The van der Waals surface area contributed by atoms with Crippen molar-refractivity contribution < 1.29 is 23.9 Å². The molecule has 0 radical (unpaired) electrons. The highest BCUT2D eigenvalue weighted by Crippen LogP contribution is 2.17. The van der Waals surface area contributed by atoms with Gasteiger partial charge in [-0.2, -0.15) is 5.10 Å². The Hall–Kier alpha value is -4.37. The van der Waals surface area contributed by atoms with Gasteiger partial charge in [-0.05, 0) is 78.7 Å². The molecule has 3 rings (SSSR count). The summed E-state index contributed by atoms with van der Waals surface area (Å²) >= 11 is 5.90. The Labute approximate surface area is 219 Å². The maximum absolute atomic E-state index is 12.1. The molecule has 3 aromatic rings. The molecule has 3 aromatic carbocycles. The molecule has 0 atom stereocenters. The minimum Gasteiger partial charge on any atom is -0.494 e. The molecule has 3 amide bonds. The van der Waals surface area contributed by atoms with E-state index in [9.17, 15) is 14.4 Å². The van der Waals surface area contributed by atoms with Gasteiger partial charge in [0.15, 0.2) is 6.61 Å². The van der Waals surface area contributed by atoms with Gasteiger partial charge in [0.25, 0.3) is 5.91 Å². The molecule has 0 bridgehead atoms. The summed E-state index contributed by atoms with van der Waals surface area (Å²) in [6, 6.07) is 20.2. The molecule has 10 heteroatoms. The predicted molar refractivity (Wildman–Crippen MR) is 143 cm³/mol. The second-order valence-corrected chi connectivity index (χ2v) is 8.23. The Morgan fingerprint density at radius 2 is 1.57 bits per heavy atom. The highest BCUT2D eigenvalue weighted by molar-refractivity contribution is 6.39. The Kier molecular flexibility index (Phi) is 10.5. The number of hydrogen-bond donors (Lipinski definition) is 3. The predicted octanol–water partition coefficient (Wildman–Crippen LogP) is 4.63. The maximum atomic E-state index is 12.1. The lowest BCUT2D eigenvalue weighted by atomic mass is 10.2. The van der Waals surface area contributed by atoms with E-state index in [0.717, 1.165) is 12.8 Å². The molecule has 0 saturated carbocycles. The average molecular weight is 523 g/mol. The summed E-state index contributed by atoms with van der Waals surface area (Å²) in [5.41, 5.74) is 3.87. The summed E-state index contributed by atoms with van der Waals surface area (Å²) in [5.74, 6) is -0.923. The summed E-state index contributed by atoms with van der Waals surface area (Å²) in [5, 5.41) is 9.50. The summed E-state index contributed by atoms with van der Waals surface area (Å²) in [6.45, 7) is 2.53. The van der Waals surface area contributed by atoms with Crippen molar-refractivity contribution in [1.82, 2.24) is 5.43 Å². The number of nitrogens with one attached hydrogen (secondary N) is 3. The number of amides is 3. The van der Waals surface area contributed by atoms with Crippen molar-refractivity contribution in [3.8, 4) is 11.5 Å². The van der Waals surface area contributed by atoms with Crippen LogP contribution in [0.3, 0.4) is 0 Å². The van der Waals surface area contributed by atoms with Gasteiger partial charge in [0.05, 0.1) is 12.8 Å². The van der Waals surface area contributed by atoms with Gasteiger partial charge in [0.2, 0.25) is 0 Å². The first-order valence-electron chi connectivity index (χ1n) is 11.6. The van der Waals surface area contributed by atoms with Crippen LogP contribution in [0, 0.1) is 0 Å². The topological polar surface area (TPSA) is 118 Å². The molecule has 3 N–H and O–H groups in total. The van der Waals surface area contributed by atoms with Gasteiger partial charge in [0.1, 0.15) is 11.5 Å². The van der Waals surface area contributed by atoms with E-state index in [4.69, 9.17) is 21.1 Å². The second-order valence-electron chi connectivity index (χ2n) is 7.80. The smallest absolute Gasteiger partial charge is 0.329 e.